The zero-order valence-electron chi connectivity index (χ0n) is 15.3. The Bertz CT molecular complexity index is 941. The number of carbonyl (C=O) groups is 2. The smallest absolute Gasteiger partial charge is 0.434 e. The van der Waals surface area contributed by atoms with E-state index in [1.165, 1.54) is 11.9 Å². The van der Waals surface area contributed by atoms with E-state index in [0.717, 1.165) is 4.90 Å². The summed E-state index contributed by atoms with van der Waals surface area (Å²) in [6.07, 6.45) is -1.21. The number of carboxylic acid groups (broad SMARTS) is 1. The van der Waals surface area contributed by atoms with Gasteiger partial charge in [0.25, 0.3) is 5.91 Å². The molecule has 1 aromatic heterocycles. The number of anilines is 1. The number of hydrogen-bond donors (Lipinski definition) is 2. The Labute approximate surface area is 154 Å². The second-order valence-corrected chi connectivity index (χ2v) is 7.15. The summed E-state index contributed by atoms with van der Waals surface area (Å²) in [5, 5.41) is 15.6. The van der Waals surface area contributed by atoms with Gasteiger partial charge >= 0.3 is 11.8 Å². The van der Waals surface area contributed by atoms with Gasteiger partial charge < -0.3 is 19.2 Å². The van der Waals surface area contributed by atoms with Crippen LogP contribution in [-0.2, 0) is 4.79 Å². The van der Waals surface area contributed by atoms with E-state index >= 15 is 0 Å². The first-order valence-electron chi connectivity index (χ1n) is 8.22. The third-order valence-corrected chi connectivity index (χ3v) is 4.26. The molecular formula is C17H20N4O6. The number of nitrogens with zero attached hydrogens (tertiary/aromatic N) is 3. The number of hydrogen-bond acceptors (Lipinski definition) is 6. The standard InChI is InChI=1S/C17H20N4O6/c1-17(2,3)21(16(24)25)11-8-26-12-6-5-9(13-18-19-15(23)27-13)7-10(12)20(4)14(11)22/h5-7,11H,8H2,1-4H3,(H,19,23)(H,24,25). The third-order valence-electron chi connectivity index (χ3n) is 4.26. The molecule has 1 aromatic carbocycles. The molecule has 0 spiro atoms. The molecule has 10 heteroatoms. The monoisotopic (exact) mass is 376 g/mol. The number of fused-ring (bicyclic) bond motifs is 1. The molecule has 0 radical (unpaired) electrons. The van der Waals surface area contributed by atoms with Crippen molar-refractivity contribution in [1.82, 2.24) is 15.1 Å². The quantitative estimate of drug-likeness (QED) is 0.813. The average Bonchev–Trinajstić information content (AvgIpc) is 2.97. The molecule has 2 aromatic rings. The molecule has 10 nitrogen and oxygen atoms in total. The van der Waals surface area contributed by atoms with Gasteiger partial charge in [-0.25, -0.2) is 14.7 Å². The summed E-state index contributed by atoms with van der Waals surface area (Å²) in [6.45, 7) is 5.02. The highest BCUT2D eigenvalue weighted by atomic mass is 16.5. The van der Waals surface area contributed by atoms with Gasteiger partial charge in [-0.1, -0.05) is 0 Å². The van der Waals surface area contributed by atoms with Gasteiger partial charge in [0.15, 0.2) is 0 Å². The maximum atomic E-state index is 13.0. The van der Waals surface area contributed by atoms with Crippen molar-refractivity contribution in [2.45, 2.75) is 32.4 Å². The fraction of sp³-hybridized carbons (Fsp3) is 0.412. The molecule has 1 unspecified atom stereocenters. The van der Waals surface area contributed by atoms with Crippen molar-refractivity contribution in [3.8, 4) is 17.2 Å². The number of amides is 2. The largest absolute Gasteiger partial charge is 0.489 e. The van der Waals surface area contributed by atoms with E-state index in [9.17, 15) is 19.5 Å². The van der Waals surface area contributed by atoms with Crippen molar-refractivity contribution in [1.29, 1.82) is 0 Å². The molecule has 2 heterocycles. The van der Waals surface area contributed by atoms with Crippen molar-refractivity contribution in [2.24, 2.45) is 0 Å². The van der Waals surface area contributed by atoms with Gasteiger partial charge in [0, 0.05) is 18.2 Å². The molecule has 0 fully saturated rings. The molecule has 1 aliphatic heterocycles. The Morgan fingerprint density at radius 3 is 2.63 bits per heavy atom. The average molecular weight is 376 g/mol. The van der Waals surface area contributed by atoms with Gasteiger partial charge in [0.2, 0.25) is 5.89 Å². The lowest BCUT2D eigenvalue weighted by Gasteiger charge is -2.38. The van der Waals surface area contributed by atoms with Crippen molar-refractivity contribution in [3.05, 3.63) is 28.7 Å². The summed E-state index contributed by atoms with van der Waals surface area (Å²) in [5.74, 6) is -0.629. The number of aromatic amines is 1. The minimum atomic E-state index is -1.21. The normalized spacial score (nSPS) is 17.1. The fourth-order valence-corrected chi connectivity index (χ4v) is 3.04. The first-order chi connectivity index (χ1) is 12.6. The van der Waals surface area contributed by atoms with Gasteiger partial charge in [-0.15, -0.1) is 5.10 Å². The topological polar surface area (TPSA) is 129 Å². The first kappa shape index (κ1) is 18.5. The zero-order chi connectivity index (χ0) is 19.9. The summed E-state index contributed by atoms with van der Waals surface area (Å²) in [6, 6.07) is 3.84. The zero-order valence-corrected chi connectivity index (χ0v) is 15.3. The van der Waals surface area contributed by atoms with Crippen LogP contribution >= 0.6 is 0 Å². The van der Waals surface area contributed by atoms with E-state index in [-0.39, 0.29) is 12.5 Å². The SMILES string of the molecule is CN1C(=O)C(N(C(=O)O)C(C)(C)C)COc2ccc(-c3n[nH]c(=O)o3)cc21. The summed E-state index contributed by atoms with van der Waals surface area (Å²) < 4.78 is 10.7. The van der Waals surface area contributed by atoms with E-state index < -0.39 is 29.3 Å². The summed E-state index contributed by atoms with van der Waals surface area (Å²) in [5.41, 5.74) is 0.0980. The third kappa shape index (κ3) is 3.37. The Morgan fingerprint density at radius 1 is 1.37 bits per heavy atom. The number of likely N-dealkylation sites (N-methyl/N-ethyl adjacent to an activating group) is 1. The number of rotatable bonds is 2. The molecule has 0 saturated heterocycles. The van der Waals surface area contributed by atoms with E-state index in [2.05, 4.69) is 10.2 Å². The Balaban J connectivity index is 2.00. The number of benzene rings is 1. The lowest BCUT2D eigenvalue weighted by molar-refractivity contribution is -0.125. The minimum absolute atomic E-state index is 0.0753. The molecule has 2 N–H and O–H groups in total. The molecule has 0 saturated carbocycles. The van der Waals surface area contributed by atoms with E-state index in [0.29, 0.717) is 17.0 Å². The second kappa shape index (κ2) is 6.45. The van der Waals surface area contributed by atoms with Crippen molar-refractivity contribution in [3.63, 3.8) is 0 Å². The Morgan fingerprint density at radius 2 is 2.07 bits per heavy atom. The van der Waals surface area contributed by atoms with Crippen molar-refractivity contribution < 1.29 is 23.8 Å². The molecule has 2 amide bonds. The highest BCUT2D eigenvalue weighted by molar-refractivity contribution is 6.00. The molecule has 3 rings (SSSR count). The van der Waals surface area contributed by atoms with Crippen LogP contribution < -0.4 is 15.4 Å². The van der Waals surface area contributed by atoms with Crippen LogP contribution in [0.2, 0.25) is 0 Å². The maximum absolute atomic E-state index is 13.0. The molecule has 1 aliphatic rings. The Hall–Kier alpha value is -3.30. The van der Waals surface area contributed by atoms with Crippen LogP contribution in [0.15, 0.2) is 27.4 Å². The number of nitrogens with one attached hydrogen (secondary N) is 1. The lowest BCUT2D eigenvalue weighted by Crippen LogP contribution is -2.58. The minimum Gasteiger partial charge on any atom is -0.489 e. The van der Waals surface area contributed by atoms with E-state index in [1.54, 1.807) is 39.0 Å². The van der Waals surface area contributed by atoms with Crippen LogP contribution in [0.25, 0.3) is 11.5 Å². The highest BCUT2D eigenvalue weighted by Gasteiger charge is 2.41. The van der Waals surface area contributed by atoms with Crippen LogP contribution in [-0.4, -0.2) is 57.4 Å². The van der Waals surface area contributed by atoms with Crippen molar-refractivity contribution in [2.75, 3.05) is 18.6 Å². The number of ether oxygens (including phenoxy) is 1. The maximum Gasteiger partial charge on any atom is 0.434 e. The molecule has 0 aliphatic carbocycles. The van der Waals surface area contributed by atoms with Crippen LogP contribution in [0.4, 0.5) is 10.5 Å². The van der Waals surface area contributed by atoms with Crippen LogP contribution in [0, 0.1) is 0 Å². The molecule has 1 atom stereocenters. The molecule has 0 bridgehead atoms. The van der Waals surface area contributed by atoms with Crippen LogP contribution in [0.5, 0.6) is 5.75 Å². The lowest BCUT2D eigenvalue weighted by atomic mass is 10.0. The summed E-state index contributed by atoms with van der Waals surface area (Å²) in [7, 11) is 1.54. The fourth-order valence-electron chi connectivity index (χ4n) is 3.04. The predicted molar refractivity (Wildman–Crippen MR) is 94.9 cm³/mol. The van der Waals surface area contributed by atoms with Crippen molar-refractivity contribution >= 4 is 17.7 Å². The van der Waals surface area contributed by atoms with E-state index in [1.807, 2.05) is 0 Å². The van der Waals surface area contributed by atoms with Crippen LogP contribution in [0.1, 0.15) is 20.8 Å². The van der Waals surface area contributed by atoms with Gasteiger partial charge in [-0.05, 0) is 39.0 Å². The number of carbonyl (C=O) groups excluding carboxylic acids is 1. The summed E-state index contributed by atoms with van der Waals surface area (Å²) in [4.78, 5) is 38.4. The first-order valence-corrected chi connectivity index (χ1v) is 8.22. The van der Waals surface area contributed by atoms with Gasteiger partial charge in [0.05, 0.1) is 5.69 Å². The summed E-state index contributed by atoms with van der Waals surface area (Å²) >= 11 is 0. The van der Waals surface area contributed by atoms with E-state index in [4.69, 9.17) is 9.15 Å². The van der Waals surface area contributed by atoms with Gasteiger partial charge in [0.1, 0.15) is 18.4 Å². The number of aromatic nitrogens is 2. The van der Waals surface area contributed by atoms with Gasteiger partial charge in [-0.2, -0.15) is 0 Å². The van der Waals surface area contributed by atoms with Crippen LogP contribution in [0.3, 0.4) is 0 Å². The predicted octanol–water partition coefficient (Wildman–Crippen LogP) is 1.53. The molecule has 27 heavy (non-hydrogen) atoms. The molecule has 144 valence electrons. The molecular weight excluding hydrogens is 356 g/mol. The highest BCUT2D eigenvalue weighted by Crippen LogP contribution is 2.35. The van der Waals surface area contributed by atoms with Gasteiger partial charge in [-0.3, -0.25) is 9.69 Å². The second-order valence-electron chi connectivity index (χ2n) is 7.15. The Kier molecular flexibility index (Phi) is 4.42. The number of H-pyrrole nitrogens is 1.